The van der Waals surface area contributed by atoms with E-state index in [-0.39, 0.29) is 36.2 Å². The molecule has 0 radical (unpaired) electrons. The van der Waals surface area contributed by atoms with Gasteiger partial charge in [0.1, 0.15) is 17.8 Å². The van der Waals surface area contributed by atoms with Gasteiger partial charge < -0.3 is 4.90 Å². The molecule has 0 aromatic heterocycles. The van der Waals surface area contributed by atoms with E-state index in [4.69, 9.17) is 0 Å². The number of amides is 3. The number of sulfone groups is 1. The Kier molecular flexibility index (Phi) is 5.07. The molecule has 1 aromatic rings. The first kappa shape index (κ1) is 18.8. The molecule has 2 heterocycles. The molecular weight excluding hydrogens is 354 g/mol. The van der Waals surface area contributed by atoms with Gasteiger partial charge in [0, 0.05) is 12.1 Å². The lowest BCUT2D eigenvalue weighted by molar-refractivity contribution is -0.927. The third-order valence-electron chi connectivity index (χ3n) is 5.38. The molecule has 3 atom stereocenters. The van der Waals surface area contributed by atoms with Crippen molar-refractivity contribution in [2.45, 2.75) is 39.3 Å². The number of nitrogens with one attached hydrogen (secondary N) is 1. The molecule has 2 fully saturated rings. The van der Waals surface area contributed by atoms with E-state index in [0.717, 1.165) is 10.5 Å². The minimum Gasteiger partial charge on any atom is -0.314 e. The number of benzene rings is 1. The number of imide groups is 1. The van der Waals surface area contributed by atoms with Crippen molar-refractivity contribution in [1.29, 1.82) is 0 Å². The summed E-state index contributed by atoms with van der Waals surface area (Å²) in [6.45, 7) is 6.52. The van der Waals surface area contributed by atoms with Gasteiger partial charge in [0.05, 0.1) is 12.3 Å². The van der Waals surface area contributed by atoms with E-state index < -0.39 is 15.9 Å². The molecule has 8 heteroatoms. The molecule has 0 bridgehead atoms. The predicted molar refractivity (Wildman–Crippen MR) is 98.8 cm³/mol. The molecule has 26 heavy (non-hydrogen) atoms. The summed E-state index contributed by atoms with van der Waals surface area (Å²) in [5.41, 5.74) is 1.78. The van der Waals surface area contributed by atoms with Crippen LogP contribution >= 0.6 is 0 Å². The second-order valence-corrected chi connectivity index (χ2v) is 9.43. The van der Waals surface area contributed by atoms with Crippen LogP contribution in [-0.2, 0) is 14.6 Å². The first-order valence-corrected chi connectivity index (χ1v) is 10.8. The number of urea groups is 1. The fourth-order valence-corrected chi connectivity index (χ4v) is 5.59. The Morgan fingerprint density at radius 1 is 1.19 bits per heavy atom. The molecule has 2 aliphatic heterocycles. The Hall–Kier alpha value is -1.93. The zero-order chi connectivity index (χ0) is 19.1. The van der Waals surface area contributed by atoms with Gasteiger partial charge in [-0.2, -0.15) is 0 Å². The van der Waals surface area contributed by atoms with Gasteiger partial charge in [-0.05, 0) is 32.9 Å². The molecule has 0 spiro atoms. The minimum atomic E-state index is -3.00. The highest BCUT2D eigenvalue weighted by atomic mass is 32.2. The second-order valence-electron chi connectivity index (χ2n) is 7.20. The van der Waals surface area contributed by atoms with Gasteiger partial charge in [-0.1, -0.05) is 17.7 Å². The van der Waals surface area contributed by atoms with Crippen molar-refractivity contribution in [3.63, 3.8) is 0 Å². The number of anilines is 1. The number of hydrogen-bond acceptors (Lipinski definition) is 4. The van der Waals surface area contributed by atoms with Gasteiger partial charge in [0.15, 0.2) is 16.5 Å². The van der Waals surface area contributed by atoms with Crippen LogP contribution in [0.25, 0.3) is 0 Å². The lowest BCUT2D eigenvalue weighted by Crippen LogP contribution is -3.17. The lowest BCUT2D eigenvalue weighted by Gasteiger charge is -2.27. The first-order chi connectivity index (χ1) is 12.2. The van der Waals surface area contributed by atoms with Crippen LogP contribution in [0.15, 0.2) is 24.3 Å². The first-order valence-electron chi connectivity index (χ1n) is 8.99. The van der Waals surface area contributed by atoms with Gasteiger partial charge in [-0.25, -0.2) is 18.1 Å². The Bertz CT molecular complexity index is 806. The lowest BCUT2D eigenvalue weighted by atomic mass is 10.2. The fraction of sp³-hybridized carbons (Fsp3) is 0.556. The number of carbonyl (C=O) groups is 2. The molecule has 1 aromatic carbocycles. The van der Waals surface area contributed by atoms with E-state index in [9.17, 15) is 18.0 Å². The minimum absolute atomic E-state index is 0.0608. The van der Waals surface area contributed by atoms with Gasteiger partial charge >= 0.3 is 6.03 Å². The van der Waals surface area contributed by atoms with Crippen molar-refractivity contribution < 1.29 is 22.9 Å². The van der Waals surface area contributed by atoms with E-state index in [1.807, 2.05) is 38.1 Å². The Morgan fingerprint density at radius 2 is 1.85 bits per heavy atom. The van der Waals surface area contributed by atoms with Crippen LogP contribution in [-0.4, -0.2) is 62.1 Å². The molecule has 142 valence electrons. The summed E-state index contributed by atoms with van der Waals surface area (Å²) in [5.74, 6) is 0.0841. The van der Waals surface area contributed by atoms with Gasteiger partial charge in [-0.3, -0.25) is 9.69 Å². The Morgan fingerprint density at radius 3 is 2.38 bits per heavy atom. The van der Waals surface area contributed by atoms with Crippen LogP contribution in [0.1, 0.15) is 25.8 Å². The predicted octanol–water partition coefficient (Wildman–Crippen LogP) is 0.202. The number of nitrogens with zero attached hydrogens (tertiary/aromatic N) is 2. The van der Waals surface area contributed by atoms with Crippen molar-refractivity contribution in [1.82, 2.24) is 4.90 Å². The topological polar surface area (TPSA) is 79.2 Å². The van der Waals surface area contributed by atoms with Gasteiger partial charge in [0.2, 0.25) is 0 Å². The number of quaternary nitrogens is 1. The molecule has 2 aliphatic rings. The maximum atomic E-state index is 12.9. The van der Waals surface area contributed by atoms with Crippen LogP contribution in [0.3, 0.4) is 0 Å². The summed E-state index contributed by atoms with van der Waals surface area (Å²) < 4.78 is 23.5. The highest BCUT2D eigenvalue weighted by molar-refractivity contribution is 7.91. The van der Waals surface area contributed by atoms with Crippen LogP contribution < -0.4 is 9.80 Å². The molecule has 3 amide bonds. The Balaban J connectivity index is 1.78. The second kappa shape index (κ2) is 7.00. The van der Waals surface area contributed by atoms with Crippen LogP contribution in [0.2, 0.25) is 0 Å². The maximum Gasteiger partial charge on any atom is 0.336 e. The average molecular weight is 380 g/mol. The number of rotatable bonds is 5. The fourth-order valence-electron chi connectivity index (χ4n) is 3.76. The number of aryl methyl sites for hydroxylation is 1. The highest BCUT2D eigenvalue weighted by Gasteiger charge is 2.46. The van der Waals surface area contributed by atoms with Crippen LogP contribution in [0.4, 0.5) is 10.5 Å². The van der Waals surface area contributed by atoms with E-state index in [1.165, 1.54) is 9.80 Å². The third-order valence-corrected chi connectivity index (χ3v) is 7.15. The standard InChI is InChI=1S/C18H25N3O4S/c1-4-19(16-9-10-26(24,25)11-16)12-20-17(22)14(3)21(18(20)23)15-7-5-13(2)6-8-15/h5-8,14,16H,4,9-12H2,1-3H3/p+1/t14-,16-/m1/s1. The van der Waals surface area contributed by atoms with Gasteiger partial charge in [-0.15, -0.1) is 0 Å². The SMILES string of the molecule is CC[NH+](CN1C(=O)[C@@H](C)N(c2ccc(C)cc2)C1=O)[C@@H]1CCS(=O)(=O)C1. The maximum absolute atomic E-state index is 12.9. The summed E-state index contributed by atoms with van der Waals surface area (Å²) in [4.78, 5) is 29.3. The zero-order valence-corrected chi connectivity index (χ0v) is 16.3. The molecule has 0 saturated carbocycles. The zero-order valence-electron chi connectivity index (χ0n) is 15.4. The van der Waals surface area contributed by atoms with Crippen LogP contribution in [0, 0.1) is 6.92 Å². The highest BCUT2D eigenvalue weighted by Crippen LogP contribution is 2.25. The average Bonchev–Trinajstić information content (AvgIpc) is 3.05. The molecule has 1 N–H and O–H groups in total. The third kappa shape index (κ3) is 3.48. The van der Waals surface area contributed by atoms with Crippen molar-refractivity contribution in [2.24, 2.45) is 0 Å². The normalized spacial score (nSPS) is 26.6. The van der Waals surface area contributed by atoms with E-state index >= 15 is 0 Å². The quantitative estimate of drug-likeness (QED) is 0.741. The Labute approximate surface area is 154 Å². The van der Waals surface area contributed by atoms with Crippen molar-refractivity contribution in [3.8, 4) is 0 Å². The summed E-state index contributed by atoms with van der Waals surface area (Å²) in [6, 6.07) is 6.55. The molecule has 2 saturated heterocycles. The molecule has 3 rings (SSSR count). The number of carbonyl (C=O) groups excluding carboxylic acids is 2. The smallest absolute Gasteiger partial charge is 0.314 e. The van der Waals surface area contributed by atoms with Crippen LogP contribution in [0.5, 0.6) is 0 Å². The van der Waals surface area contributed by atoms with E-state index in [2.05, 4.69) is 0 Å². The largest absolute Gasteiger partial charge is 0.336 e. The molecular formula is C18H26N3O4S+. The summed E-state index contributed by atoms with van der Waals surface area (Å²) in [5, 5.41) is 0. The van der Waals surface area contributed by atoms with Crippen molar-refractivity contribution >= 4 is 27.5 Å². The summed E-state index contributed by atoms with van der Waals surface area (Å²) in [6.07, 6.45) is 0.582. The van der Waals surface area contributed by atoms with E-state index in [1.54, 1.807) is 6.92 Å². The summed E-state index contributed by atoms with van der Waals surface area (Å²) in [7, 11) is -3.00. The van der Waals surface area contributed by atoms with Gasteiger partial charge in [0.25, 0.3) is 5.91 Å². The number of hydrogen-bond donors (Lipinski definition) is 1. The van der Waals surface area contributed by atoms with E-state index in [0.29, 0.717) is 18.7 Å². The van der Waals surface area contributed by atoms with Crippen molar-refractivity contribution in [3.05, 3.63) is 29.8 Å². The summed E-state index contributed by atoms with van der Waals surface area (Å²) >= 11 is 0. The molecule has 1 unspecified atom stereocenters. The molecule has 7 nitrogen and oxygen atoms in total. The molecule has 0 aliphatic carbocycles. The monoisotopic (exact) mass is 380 g/mol. The van der Waals surface area contributed by atoms with Crippen molar-refractivity contribution in [2.75, 3.05) is 29.6 Å².